The first-order valence-electron chi connectivity index (χ1n) is 7.50. The highest BCUT2D eigenvalue weighted by Gasteiger charge is 2.07. The summed E-state index contributed by atoms with van der Waals surface area (Å²) in [5, 5.41) is 0. The first kappa shape index (κ1) is 16.7. The molecule has 0 aliphatic rings. The molecule has 2 aromatic rings. The molecule has 120 valence electrons. The van der Waals surface area contributed by atoms with Crippen LogP contribution >= 0.6 is 0 Å². The van der Waals surface area contributed by atoms with Crippen LogP contribution in [0.15, 0.2) is 42.6 Å². The van der Waals surface area contributed by atoms with E-state index in [1.54, 1.807) is 32.4 Å². The van der Waals surface area contributed by atoms with E-state index in [0.717, 1.165) is 28.1 Å². The van der Waals surface area contributed by atoms with Gasteiger partial charge in [-0.05, 0) is 55.3 Å². The number of pyridine rings is 1. The Bertz CT molecular complexity index is 707. The number of aryl methyl sites for hydroxylation is 2. The highest BCUT2D eigenvalue weighted by Crippen LogP contribution is 2.25. The molecule has 1 amide bonds. The molecule has 1 aromatic heterocycles. The Morgan fingerprint density at radius 2 is 1.96 bits per heavy atom. The van der Waals surface area contributed by atoms with Gasteiger partial charge in [0.05, 0.1) is 5.69 Å². The summed E-state index contributed by atoms with van der Waals surface area (Å²) in [6.45, 7) is 4.48. The smallest absolute Gasteiger partial charge is 0.246 e. The van der Waals surface area contributed by atoms with Crippen molar-refractivity contribution in [3.8, 4) is 5.75 Å². The van der Waals surface area contributed by atoms with E-state index in [4.69, 9.17) is 4.74 Å². The minimum absolute atomic E-state index is 0.0566. The predicted molar refractivity (Wildman–Crippen MR) is 92.2 cm³/mol. The Kier molecular flexibility index (Phi) is 5.52. The van der Waals surface area contributed by atoms with Crippen molar-refractivity contribution < 1.29 is 9.53 Å². The lowest BCUT2D eigenvalue weighted by atomic mass is 10.0. The summed E-state index contributed by atoms with van der Waals surface area (Å²) in [6, 6.07) is 9.76. The molecule has 0 saturated carbocycles. The van der Waals surface area contributed by atoms with Crippen LogP contribution in [0.2, 0.25) is 0 Å². The largest absolute Gasteiger partial charge is 0.487 e. The van der Waals surface area contributed by atoms with Gasteiger partial charge in [-0.3, -0.25) is 9.78 Å². The Hall–Kier alpha value is -2.62. The molecule has 0 radical (unpaired) electrons. The fourth-order valence-electron chi connectivity index (χ4n) is 2.01. The van der Waals surface area contributed by atoms with E-state index in [1.165, 1.54) is 4.90 Å². The van der Waals surface area contributed by atoms with E-state index in [0.29, 0.717) is 6.61 Å². The third kappa shape index (κ3) is 4.68. The maximum absolute atomic E-state index is 11.7. The van der Waals surface area contributed by atoms with Crippen molar-refractivity contribution in [1.82, 2.24) is 9.88 Å². The van der Waals surface area contributed by atoms with E-state index in [2.05, 4.69) is 4.98 Å². The number of hydrogen-bond acceptors (Lipinski definition) is 3. The molecular formula is C19H22N2O2. The zero-order valence-electron chi connectivity index (χ0n) is 14.0. The van der Waals surface area contributed by atoms with Gasteiger partial charge in [-0.25, -0.2) is 0 Å². The van der Waals surface area contributed by atoms with Crippen molar-refractivity contribution in [3.05, 3.63) is 65.0 Å². The van der Waals surface area contributed by atoms with Crippen LogP contribution in [0.4, 0.5) is 0 Å². The lowest BCUT2D eigenvalue weighted by Gasteiger charge is -2.12. The second-order valence-electron chi connectivity index (χ2n) is 5.65. The maximum Gasteiger partial charge on any atom is 0.246 e. The van der Waals surface area contributed by atoms with Gasteiger partial charge >= 0.3 is 0 Å². The van der Waals surface area contributed by atoms with Gasteiger partial charge in [-0.2, -0.15) is 0 Å². The van der Waals surface area contributed by atoms with Crippen molar-refractivity contribution in [1.29, 1.82) is 0 Å². The SMILES string of the molecule is Cc1cc(/C=C/C(=O)N(C)C)c(OCc2ccccn2)cc1C. The zero-order chi connectivity index (χ0) is 16.8. The summed E-state index contributed by atoms with van der Waals surface area (Å²) >= 11 is 0. The molecule has 0 spiro atoms. The normalized spacial score (nSPS) is 10.8. The Morgan fingerprint density at radius 3 is 2.61 bits per heavy atom. The molecule has 4 nitrogen and oxygen atoms in total. The molecule has 0 aliphatic heterocycles. The summed E-state index contributed by atoms with van der Waals surface area (Å²) in [6.07, 6.45) is 5.09. The number of aromatic nitrogens is 1. The van der Waals surface area contributed by atoms with Crippen molar-refractivity contribution in [2.75, 3.05) is 14.1 Å². The molecule has 0 fully saturated rings. The number of amides is 1. The Morgan fingerprint density at radius 1 is 1.22 bits per heavy atom. The molecule has 0 atom stereocenters. The first-order chi connectivity index (χ1) is 11.0. The van der Waals surface area contributed by atoms with Gasteiger partial charge < -0.3 is 9.64 Å². The van der Waals surface area contributed by atoms with Crippen molar-refractivity contribution in [2.24, 2.45) is 0 Å². The van der Waals surface area contributed by atoms with E-state index < -0.39 is 0 Å². The third-order valence-electron chi connectivity index (χ3n) is 3.57. The average Bonchev–Trinajstić information content (AvgIpc) is 2.54. The van der Waals surface area contributed by atoms with Crippen LogP contribution in [-0.4, -0.2) is 29.9 Å². The molecule has 4 heteroatoms. The van der Waals surface area contributed by atoms with Gasteiger partial charge in [-0.15, -0.1) is 0 Å². The fraction of sp³-hybridized carbons (Fsp3) is 0.263. The third-order valence-corrected chi connectivity index (χ3v) is 3.57. The minimum atomic E-state index is -0.0566. The summed E-state index contributed by atoms with van der Waals surface area (Å²) in [4.78, 5) is 17.5. The highest BCUT2D eigenvalue weighted by molar-refractivity contribution is 5.91. The van der Waals surface area contributed by atoms with E-state index >= 15 is 0 Å². The van der Waals surface area contributed by atoms with E-state index in [1.807, 2.05) is 44.2 Å². The number of carbonyl (C=O) groups excluding carboxylic acids is 1. The van der Waals surface area contributed by atoms with Gasteiger partial charge in [0.15, 0.2) is 0 Å². The number of benzene rings is 1. The number of nitrogens with zero attached hydrogens (tertiary/aromatic N) is 2. The molecule has 0 N–H and O–H groups in total. The topological polar surface area (TPSA) is 42.4 Å². The van der Waals surface area contributed by atoms with Gasteiger partial charge in [0, 0.05) is 31.9 Å². The summed E-state index contributed by atoms with van der Waals surface area (Å²) in [5.74, 6) is 0.695. The van der Waals surface area contributed by atoms with E-state index in [9.17, 15) is 4.79 Å². The molecule has 0 aliphatic carbocycles. The lowest BCUT2D eigenvalue weighted by Crippen LogP contribution is -2.18. The molecular weight excluding hydrogens is 288 g/mol. The van der Waals surface area contributed by atoms with Crippen LogP contribution in [0, 0.1) is 13.8 Å². The second-order valence-corrected chi connectivity index (χ2v) is 5.65. The predicted octanol–water partition coefficient (Wildman–Crippen LogP) is 3.38. The Labute approximate surface area is 137 Å². The maximum atomic E-state index is 11.7. The number of carbonyl (C=O) groups is 1. The molecule has 0 bridgehead atoms. The zero-order valence-corrected chi connectivity index (χ0v) is 14.0. The van der Waals surface area contributed by atoms with Crippen LogP contribution in [0.5, 0.6) is 5.75 Å². The molecule has 2 rings (SSSR count). The first-order valence-corrected chi connectivity index (χ1v) is 7.50. The monoisotopic (exact) mass is 310 g/mol. The van der Waals surface area contributed by atoms with Gasteiger partial charge in [0.2, 0.25) is 5.91 Å². The molecule has 23 heavy (non-hydrogen) atoms. The van der Waals surface area contributed by atoms with Crippen molar-refractivity contribution in [2.45, 2.75) is 20.5 Å². The minimum Gasteiger partial charge on any atom is -0.487 e. The van der Waals surface area contributed by atoms with Crippen LogP contribution < -0.4 is 4.74 Å². The molecule has 1 heterocycles. The van der Waals surface area contributed by atoms with Crippen molar-refractivity contribution in [3.63, 3.8) is 0 Å². The highest BCUT2D eigenvalue weighted by atomic mass is 16.5. The van der Waals surface area contributed by atoms with Gasteiger partial charge in [0.1, 0.15) is 12.4 Å². The number of rotatable bonds is 5. The summed E-state index contributed by atoms with van der Waals surface area (Å²) < 4.78 is 5.91. The average molecular weight is 310 g/mol. The summed E-state index contributed by atoms with van der Waals surface area (Å²) in [7, 11) is 3.46. The van der Waals surface area contributed by atoms with E-state index in [-0.39, 0.29) is 5.91 Å². The van der Waals surface area contributed by atoms with Gasteiger partial charge in [-0.1, -0.05) is 6.07 Å². The number of hydrogen-bond donors (Lipinski definition) is 0. The quantitative estimate of drug-likeness (QED) is 0.795. The van der Waals surface area contributed by atoms with Crippen LogP contribution in [0.25, 0.3) is 6.08 Å². The lowest BCUT2D eigenvalue weighted by molar-refractivity contribution is -0.123. The van der Waals surface area contributed by atoms with Crippen LogP contribution in [0.3, 0.4) is 0 Å². The van der Waals surface area contributed by atoms with Gasteiger partial charge in [0.25, 0.3) is 0 Å². The number of likely N-dealkylation sites (N-methyl/N-ethyl adjacent to an activating group) is 1. The van der Waals surface area contributed by atoms with Crippen molar-refractivity contribution >= 4 is 12.0 Å². The second kappa shape index (κ2) is 7.58. The molecule has 0 unspecified atom stereocenters. The van der Waals surface area contributed by atoms with Crippen LogP contribution in [0.1, 0.15) is 22.4 Å². The van der Waals surface area contributed by atoms with Crippen LogP contribution in [-0.2, 0) is 11.4 Å². The Balaban J connectivity index is 2.23. The number of ether oxygens (including phenoxy) is 1. The summed E-state index contributed by atoms with van der Waals surface area (Å²) in [5.41, 5.74) is 4.06. The standard InChI is InChI=1S/C19H22N2O2/c1-14-11-16(8-9-19(22)21(3)4)18(12-15(14)2)23-13-17-7-5-6-10-20-17/h5-12H,13H2,1-4H3/b9-8+. The molecule has 0 saturated heterocycles. The molecule has 1 aromatic carbocycles. The fourth-order valence-corrected chi connectivity index (χ4v) is 2.01.